The fraction of sp³-hybridized carbons (Fsp3) is 0.545. The molecular weight excluding hydrogens is 238 g/mol. The minimum atomic E-state index is -0.0959. The average molecular weight is 255 g/mol. The summed E-state index contributed by atoms with van der Waals surface area (Å²) in [6, 6.07) is 0.331. The molecule has 3 N–H and O–H groups in total. The van der Waals surface area contributed by atoms with Crippen LogP contribution in [0.3, 0.4) is 0 Å². The molecule has 5 nitrogen and oxygen atoms in total. The Morgan fingerprint density at radius 1 is 1.53 bits per heavy atom. The van der Waals surface area contributed by atoms with E-state index < -0.39 is 0 Å². The summed E-state index contributed by atoms with van der Waals surface area (Å²) >= 11 is 1.36. The van der Waals surface area contributed by atoms with Crippen LogP contribution in [0.15, 0.2) is 0 Å². The quantitative estimate of drug-likeness (QED) is 0.851. The molecule has 0 aliphatic heterocycles. The van der Waals surface area contributed by atoms with E-state index in [1.807, 2.05) is 19.0 Å². The average Bonchev–Trinajstić information content (AvgIpc) is 3.00. The van der Waals surface area contributed by atoms with Gasteiger partial charge in [-0.1, -0.05) is 0 Å². The van der Waals surface area contributed by atoms with Crippen LogP contribution in [0.2, 0.25) is 0 Å². The summed E-state index contributed by atoms with van der Waals surface area (Å²) in [7, 11) is 5.36. The Kier molecular flexibility index (Phi) is 3.15. The Balaban J connectivity index is 2.29. The van der Waals surface area contributed by atoms with E-state index in [1.54, 1.807) is 7.11 Å². The molecule has 2 rings (SSSR count). The molecule has 0 radical (unpaired) electrons. The predicted octanol–water partition coefficient (Wildman–Crippen LogP) is 1.30. The third kappa shape index (κ3) is 2.31. The Bertz CT molecular complexity index is 438. The SMILES string of the molecule is COc1c(N(C)C)sc(C(=O)NC2CC2)c1N. The third-order valence-corrected chi connectivity index (χ3v) is 3.96. The molecule has 17 heavy (non-hydrogen) atoms. The van der Waals surface area contributed by atoms with Gasteiger partial charge in [0.05, 0.1) is 7.11 Å². The molecule has 6 heteroatoms. The van der Waals surface area contributed by atoms with E-state index >= 15 is 0 Å². The van der Waals surface area contributed by atoms with Gasteiger partial charge >= 0.3 is 0 Å². The van der Waals surface area contributed by atoms with Crippen molar-refractivity contribution >= 4 is 27.9 Å². The molecule has 1 aromatic heterocycles. The van der Waals surface area contributed by atoms with Gasteiger partial charge in [0.2, 0.25) is 0 Å². The highest BCUT2D eigenvalue weighted by Crippen LogP contribution is 2.43. The first-order chi connectivity index (χ1) is 8.04. The second-order valence-corrected chi connectivity index (χ2v) is 5.32. The second kappa shape index (κ2) is 4.44. The summed E-state index contributed by atoms with van der Waals surface area (Å²) in [6.45, 7) is 0. The number of nitrogens with zero attached hydrogens (tertiary/aromatic N) is 1. The molecule has 1 fully saturated rings. The van der Waals surface area contributed by atoms with E-state index in [9.17, 15) is 4.79 Å². The Labute approximate surface area is 105 Å². The molecule has 0 spiro atoms. The third-order valence-electron chi connectivity index (χ3n) is 2.61. The molecular formula is C11H17N3O2S. The number of amides is 1. The van der Waals surface area contributed by atoms with Crippen molar-refractivity contribution in [2.75, 3.05) is 31.8 Å². The van der Waals surface area contributed by atoms with Crippen molar-refractivity contribution in [1.82, 2.24) is 5.32 Å². The van der Waals surface area contributed by atoms with Gasteiger partial charge in [0.15, 0.2) is 5.75 Å². The minimum Gasteiger partial charge on any atom is -0.492 e. The van der Waals surface area contributed by atoms with Crippen LogP contribution in [-0.4, -0.2) is 33.2 Å². The molecule has 0 bridgehead atoms. The number of nitrogens with one attached hydrogen (secondary N) is 1. The number of thiophene rings is 1. The largest absolute Gasteiger partial charge is 0.492 e. The smallest absolute Gasteiger partial charge is 0.263 e. The molecule has 0 atom stereocenters. The van der Waals surface area contributed by atoms with Crippen molar-refractivity contribution in [2.45, 2.75) is 18.9 Å². The maximum absolute atomic E-state index is 12.0. The number of hydrogen-bond donors (Lipinski definition) is 2. The Hall–Kier alpha value is -1.43. The van der Waals surface area contributed by atoms with Crippen molar-refractivity contribution in [1.29, 1.82) is 0 Å². The molecule has 0 unspecified atom stereocenters. The van der Waals surface area contributed by atoms with Crippen LogP contribution in [0.25, 0.3) is 0 Å². The Morgan fingerprint density at radius 2 is 2.18 bits per heavy atom. The molecule has 1 aliphatic rings. The lowest BCUT2D eigenvalue weighted by atomic mass is 10.3. The topological polar surface area (TPSA) is 67.6 Å². The van der Waals surface area contributed by atoms with Crippen molar-refractivity contribution in [3.63, 3.8) is 0 Å². The molecule has 0 aromatic carbocycles. The molecule has 1 amide bonds. The van der Waals surface area contributed by atoms with Crippen molar-refractivity contribution < 1.29 is 9.53 Å². The van der Waals surface area contributed by atoms with E-state index in [4.69, 9.17) is 10.5 Å². The van der Waals surface area contributed by atoms with Gasteiger partial charge < -0.3 is 20.7 Å². The van der Waals surface area contributed by atoms with E-state index in [0.29, 0.717) is 22.4 Å². The summed E-state index contributed by atoms with van der Waals surface area (Å²) in [5, 5.41) is 3.80. The number of carbonyl (C=O) groups is 1. The lowest BCUT2D eigenvalue weighted by molar-refractivity contribution is 0.0956. The van der Waals surface area contributed by atoms with Gasteiger partial charge in [-0.15, -0.1) is 11.3 Å². The first kappa shape index (κ1) is 12.0. The number of methoxy groups -OCH3 is 1. The van der Waals surface area contributed by atoms with Crippen molar-refractivity contribution in [3.05, 3.63) is 4.88 Å². The minimum absolute atomic E-state index is 0.0959. The zero-order valence-electron chi connectivity index (χ0n) is 10.2. The van der Waals surface area contributed by atoms with Crippen LogP contribution in [-0.2, 0) is 0 Å². The van der Waals surface area contributed by atoms with Gasteiger partial charge in [-0.3, -0.25) is 4.79 Å². The highest BCUT2D eigenvalue weighted by Gasteiger charge is 2.28. The van der Waals surface area contributed by atoms with Crippen LogP contribution in [0.1, 0.15) is 22.5 Å². The van der Waals surface area contributed by atoms with E-state index in [2.05, 4.69) is 5.32 Å². The van der Waals surface area contributed by atoms with Crippen molar-refractivity contribution in [2.24, 2.45) is 0 Å². The monoisotopic (exact) mass is 255 g/mol. The highest BCUT2D eigenvalue weighted by atomic mass is 32.1. The van der Waals surface area contributed by atoms with Gasteiger partial charge in [0.1, 0.15) is 15.6 Å². The molecule has 94 valence electrons. The summed E-state index contributed by atoms with van der Waals surface area (Å²) < 4.78 is 5.25. The number of hydrogen-bond acceptors (Lipinski definition) is 5. The molecule has 0 saturated heterocycles. The van der Waals surface area contributed by atoms with Gasteiger partial charge in [-0.25, -0.2) is 0 Å². The van der Waals surface area contributed by atoms with Crippen molar-refractivity contribution in [3.8, 4) is 5.75 Å². The number of rotatable bonds is 4. The zero-order valence-corrected chi connectivity index (χ0v) is 11.1. The normalized spacial score (nSPS) is 14.5. The fourth-order valence-corrected chi connectivity index (χ4v) is 2.57. The predicted molar refractivity (Wildman–Crippen MR) is 70.1 cm³/mol. The fourth-order valence-electron chi connectivity index (χ4n) is 1.56. The number of carbonyl (C=O) groups excluding carboxylic acids is 1. The van der Waals surface area contributed by atoms with E-state index in [1.165, 1.54) is 11.3 Å². The summed E-state index contributed by atoms with van der Waals surface area (Å²) in [6.07, 6.45) is 2.13. The number of nitrogen functional groups attached to an aromatic ring is 1. The van der Waals surface area contributed by atoms with Crippen LogP contribution in [0, 0.1) is 0 Å². The lowest BCUT2D eigenvalue weighted by Gasteiger charge is -2.11. The van der Waals surface area contributed by atoms with Crippen LogP contribution < -0.4 is 20.7 Å². The summed E-state index contributed by atoms with van der Waals surface area (Å²) in [5.41, 5.74) is 6.38. The number of nitrogens with two attached hydrogens (primary N) is 1. The molecule has 1 saturated carbocycles. The number of ether oxygens (including phenoxy) is 1. The summed E-state index contributed by atoms with van der Waals surface area (Å²) in [4.78, 5) is 14.4. The maximum atomic E-state index is 12.0. The standard InChI is InChI=1S/C11H17N3O2S/c1-14(2)11-8(16-3)7(12)9(17-11)10(15)13-6-4-5-6/h6H,4-5,12H2,1-3H3,(H,13,15). The maximum Gasteiger partial charge on any atom is 0.263 e. The summed E-state index contributed by atoms with van der Waals surface area (Å²) in [5.74, 6) is 0.488. The van der Waals surface area contributed by atoms with Gasteiger partial charge in [-0.2, -0.15) is 0 Å². The second-order valence-electron chi connectivity index (χ2n) is 4.33. The zero-order chi connectivity index (χ0) is 12.6. The lowest BCUT2D eigenvalue weighted by Crippen LogP contribution is -2.25. The first-order valence-electron chi connectivity index (χ1n) is 5.49. The van der Waals surface area contributed by atoms with E-state index in [0.717, 1.165) is 17.8 Å². The molecule has 1 aliphatic carbocycles. The van der Waals surface area contributed by atoms with Gasteiger partial charge in [-0.05, 0) is 12.8 Å². The van der Waals surface area contributed by atoms with Crippen LogP contribution in [0.4, 0.5) is 10.7 Å². The van der Waals surface area contributed by atoms with E-state index in [-0.39, 0.29) is 5.91 Å². The number of anilines is 2. The molecule has 1 heterocycles. The highest BCUT2D eigenvalue weighted by molar-refractivity contribution is 7.19. The van der Waals surface area contributed by atoms with Gasteiger partial charge in [0.25, 0.3) is 5.91 Å². The Morgan fingerprint density at radius 3 is 2.59 bits per heavy atom. The van der Waals surface area contributed by atoms with Gasteiger partial charge in [0, 0.05) is 20.1 Å². The van der Waals surface area contributed by atoms with Crippen LogP contribution >= 0.6 is 11.3 Å². The first-order valence-corrected chi connectivity index (χ1v) is 6.30. The van der Waals surface area contributed by atoms with Crippen LogP contribution in [0.5, 0.6) is 5.75 Å². The molecule has 1 aromatic rings.